The van der Waals surface area contributed by atoms with Gasteiger partial charge in [0.15, 0.2) is 11.5 Å². The number of rotatable bonds is 9. The van der Waals surface area contributed by atoms with Crippen molar-refractivity contribution in [2.75, 3.05) is 33.1 Å². The normalized spacial score (nSPS) is 11.1. The fourth-order valence-electron chi connectivity index (χ4n) is 4.12. The lowest BCUT2D eigenvalue weighted by Gasteiger charge is -2.12. The molecule has 5 rings (SSSR count). The zero-order chi connectivity index (χ0) is 25.8. The van der Waals surface area contributed by atoms with Crippen molar-refractivity contribution in [3.05, 3.63) is 78.5 Å². The third-order valence-corrected chi connectivity index (χ3v) is 6.01. The van der Waals surface area contributed by atoms with E-state index in [0.717, 1.165) is 32.8 Å². The van der Waals surface area contributed by atoms with Crippen LogP contribution in [0.4, 0.5) is 10.2 Å². The van der Waals surface area contributed by atoms with Gasteiger partial charge < -0.3 is 25.3 Å². The van der Waals surface area contributed by atoms with E-state index in [-0.39, 0.29) is 5.82 Å². The Morgan fingerprint density at radius 3 is 2.46 bits per heavy atom. The summed E-state index contributed by atoms with van der Waals surface area (Å²) >= 11 is 0. The van der Waals surface area contributed by atoms with E-state index in [9.17, 15) is 4.39 Å². The summed E-state index contributed by atoms with van der Waals surface area (Å²) in [4.78, 5) is 13.5. The number of halogens is 1. The quantitative estimate of drug-likeness (QED) is 0.221. The largest absolute Gasteiger partial charge is 0.493 e. The van der Waals surface area contributed by atoms with Crippen LogP contribution in [0.2, 0.25) is 0 Å². The maximum Gasteiger partial charge on any atom is 0.162 e. The molecule has 2 aromatic carbocycles. The SMILES string of the molecule is COc1cc2ncc3c(N)nc(-c4cncc(OCCNCc5ccc(F)cc5)c4)cc3c2cc1OC. The molecule has 0 aliphatic heterocycles. The van der Waals surface area contributed by atoms with Crippen LogP contribution >= 0.6 is 0 Å². The number of ether oxygens (including phenoxy) is 3. The molecule has 0 spiro atoms. The summed E-state index contributed by atoms with van der Waals surface area (Å²) in [5.74, 6) is 1.95. The number of hydrogen-bond donors (Lipinski definition) is 2. The second-order valence-electron chi connectivity index (χ2n) is 8.40. The van der Waals surface area contributed by atoms with Crippen LogP contribution in [0, 0.1) is 5.82 Å². The molecule has 37 heavy (non-hydrogen) atoms. The van der Waals surface area contributed by atoms with E-state index in [1.54, 1.807) is 44.9 Å². The third-order valence-electron chi connectivity index (χ3n) is 6.01. The standard InChI is InChI=1S/C28H26FN5O3/c1-35-26-11-22-21-10-24(34-28(30)23(21)16-33-25(22)12-27(26)36-2)18-9-20(15-32-14-18)37-8-7-31-13-17-3-5-19(29)6-4-17/h3-6,9-12,14-16,31H,7-8,13H2,1-2H3,(H2,30,34). The van der Waals surface area contributed by atoms with Gasteiger partial charge in [-0.15, -0.1) is 0 Å². The number of pyridine rings is 3. The van der Waals surface area contributed by atoms with Gasteiger partial charge >= 0.3 is 0 Å². The fraction of sp³-hybridized carbons (Fsp3) is 0.179. The molecular formula is C28H26FN5O3. The molecule has 0 aliphatic carbocycles. The smallest absolute Gasteiger partial charge is 0.162 e. The Morgan fingerprint density at radius 2 is 1.68 bits per heavy atom. The number of nitrogens with two attached hydrogens (primary N) is 1. The topological polar surface area (TPSA) is 104 Å². The van der Waals surface area contributed by atoms with Crippen molar-refractivity contribution in [1.29, 1.82) is 0 Å². The molecule has 3 N–H and O–H groups in total. The zero-order valence-electron chi connectivity index (χ0n) is 20.5. The highest BCUT2D eigenvalue weighted by molar-refractivity contribution is 6.10. The van der Waals surface area contributed by atoms with Crippen LogP contribution in [0.5, 0.6) is 17.2 Å². The average Bonchev–Trinajstić information content (AvgIpc) is 2.93. The first-order valence-corrected chi connectivity index (χ1v) is 11.7. The van der Waals surface area contributed by atoms with Gasteiger partial charge in [0, 0.05) is 47.9 Å². The second-order valence-corrected chi connectivity index (χ2v) is 8.40. The van der Waals surface area contributed by atoms with Crippen molar-refractivity contribution >= 4 is 27.5 Å². The number of hydrogen-bond acceptors (Lipinski definition) is 8. The minimum absolute atomic E-state index is 0.244. The highest BCUT2D eigenvalue weighted by Gasteiger charge is 2.14. The third kappa shape index (κ3) is 5.22. The van der Waals surface area contributed by atoms with Crippen molar-refractivity contribution in [1.82, 2.24) is 20.3 Å². The highest BCUT2D eigenvalue weighted by atomic mass is 19.1. The summed E-state index contributed by atoms with van der Waals surface area (Å²) in [6.45, 7) is 1.69. The number of benzene rings is 2. The Morgan fingerprint density at radius 1 is 0.892 bits per heavy atom. The summed E-state index contributed by atoms with van der Waals surface area (Å²) < 4.78 is 29.8. The number of nitrogens with zero attached hydrogens (tertiary/aromatic N) is 3. The van der Waals surface area contributed by atoms with E-state index in [4.69, 9.17) is 19.9 Å². The molecule has 9 heteroatoms. The molecule has 0 saturated carbocycles. The van der Waals surface area contributed by atoms with Gasteiger partial charge in [-0.1, -0.05) is 12.1 Å². The van der Waals surface area contributed by atoms with Crippen molar-refractivity contribution in [3.63, 3.8) is 0 Å². The van der Waals surface area contributed by atoms with Crippen molar-refractivity contribution in [2.24, 2.45) is 0 Å². The molecule has 0 radical (unpaired) electrons. The number of aromatic nitrogens is 3. The van der Waals surface area contributed by atoms with Crippen LogP contribution in [-0.2, 0) is 6.54 Å². The predicted molar refractivity (Wildman–Crippen MR) is 141 cm³/mol. The van der Waals surface area contributed by atoms with E-state index in [2.05, 4.69) is 20.3 Å². The molecule has 0 aliphatic rings. The van der Waals surface area contributed by atoms with Gasteiger partial charge in [0.25, 0.3) is 0 Å². The number of nitrogen functional groups attached to an aromatic ring is 1. The molecule has 0 fully saturated rings. The number of nitrogens with one attached hydrogen (secondary N) is 1. The lowest BCUT2D eigenvalue weighted by Crippen LogP contribution is -2.20. The zero-order valence-corrected chi connectivity index (χ0v) is 20.5. The van der Waals surface area contributed by atoms with Crippen molar-refractivity contribution < 1.29 is 18.6 Å². The van der Waals surface area contributed by atoms with Gasteiger partial charge in [-0.3, -0.25) is 9.97 Å². The van der Waals surface area contributed by atoms with Gasteiger partial charge in [0.05, 0.1) is 31.6 Å². The molecule has 0 unspecified atom stereocenters. The molecule has 3 aromatic heterocycles. The Labute approximate surface area is 213 Å². The van der Waals surface area contributed by atoms with Crippen molar-refractivity contribution in [2.45, 2.75) is 6.54 Å². The minimum Gasteiger partial charge on any atom is -0.493 e. The Hall–Kier alpha value is -4.50. The first-order valence-electron chi connectivity index (χ1n) is 11.7. The monoisotopic (exact) mass is 499 g/mol. The predicted octanol–water partition coefficient (Wildman–Crippen LogP) is 4.75. The second kappa shape index (κ2) is 10.6. The number of anilines is 1. The maximum absolute atomic E-state index is 13.0. The Kier molecular flexibility index (Phi) is 6.96. The van der Waals surface area contributed by atoms with Crippen LogP contribution in [0.1, 0.15) is 5.56 Å². The first-order chi connectivity index (χ1) is 18.1. The molecule has 0 atom stereocenters. The van der Waals surface area contributed by atoms with E-state index >= 15 is 0 Å². The summed E-state index contributed by atoms with van der Waals surface area (Å²) in [6, 6.07) is 14.0. The first kappa shape index (κ1) is 24.2. The van der Waals surface area contributed by atoms with Gasteiger partial charge in [0.1, 0.15) is 24.0 Å². The molecule has 5 aromatic rings. The molecule has 3 heterocycles. The van der Waals surface area contributed by atoms with Gasteiger partial charge in [0.2, 0.25) is 0 Å². The lowest BCUT2D eigenvalue weighted by atomic mass is 10.0. The van der Waals surface area contributed by atoms with Crippen LogP contribution in [0.15, 0.2) is 67.1 Å². The molecule has 0 saturated heterocycles. The maximum atomic E-state index is 13.0. The van der Waals surface area contributed by atoms with Crippen LogP contribution in [-0.4, -0.2) is 42.3 Å². The molecule has 0 amide bonds. The number of methoxy groups -OCH3 is 2. The highest BCUT2D eigenvalue weighted by Crippen LogP contribution is 2.37. The average molecular weight is 500 g/mol. The van der Waals surface area contributed by atoms with Crippen LogP contribution in [0.25, 0.3) is 32.9 Å². The minimum atomic E-state index is -0.244. The van der Waals surface area contributed by atoms with Crippen LogP contribution < -0.4 is 25.3 Å². The Bertz CT molecular complexity index is 1560. The summed E-state index contributed by atoms with van der Waals surface area (Å²) in [5, 5.41) is 5.79. The molecule has 0 bridgehead atoms. The summed E-state index contributed by atoms with van der Waals surface area (Å²) in [5.41, 5.74) is 9.53. The van der Waals surface area contributed by atoms with Gasteiger partial charge in [-0.05, 0) is 41.3 Å². The van der Waals surface area contributed by atoms with Crippen molar-refractivity contribution in [3.8, 4) is 28.5 Å². The van der Waals surface area contributed by atoms with E-state index in [1.807, 2.05) is 24.3 Å². The molecule has 188 valence electrons. The van der Waals surface area contributed by atoms with E-state index in [1.165, 1.54) is 12.1 Å². The molecule has 8 nitrogen and oxygen atoms in total. The fourth-order valence-corrected chi connectivity index (χ4v) is 4.12. The number of fused-ring (bicyclic) bond motifs is 3. The summed E-state index contributed by atoms with van der Waals surface area (Å²) in [7, 11) is 3.19. The molecular weight excluding hydrogens is 473 g/mol. The van der Waals surface area contributed by atoms with Gasteiger partial charge in [-0.25, -0.2) is 9.37 Å². The van der Waals surface area contributed by atoms with Crippen LogP contribution in [0.3, 0.4) is 0 Å². The van der Waals surface area contributed by atoms with Gasteiger partial charge in [-0.2, -0.15) is 0 Å². The van der Waals surface area contributed by atoms with E-state index in [0.29, 0.717) is 48.5 Å². The Balaban J connectivity index is 1.36. The lowest BCUT2D eigenvalue weighted by molar-refractivity contribution is 0.312. The van der Waals surface area contributed by atoms with E-state index < -0.39 is 0 Å². The summed E-state index contributed by atoms with van der Waals surface area (Å²) in [6.07, 6.45) is 5.09.